The van der Waals surface area contributed by atoms with Crippen molar-refractivity contribution >= 4 is 11.6 Å². The van der Waals surface area contributed by atoms with E-state index in [1.54, 1.807) is 0 Å². The van der Waals surface area contributed by atoms with Crippen LogP contribution in [-0.4, -0.2) is 36.3 Å². The third-order valence-electron chi connectivity index (χ3n) is 3.62. The zero-order chi connectivity index (χ0) is 14.2. The van der Waals surface area contributed by atoms with Crippen LogP contribution >= 0.6 is 0 Å². The first-order valence-corrected chi connectivity index (χ1v) is 6.76. The van der Waals surface area contributed by atoms with Gasteiger partial charge in [-0.25, -0.2) is 9.97 Å². The highest BCUT2D eigenvalue weighted by Crippen LogP contribution is 2.28. The number of likely N-dealkylation sites (N-methyl/N-ethyl adjacent to an activating group) is 1. The van der Waals surface area contributed by atoms with Crippen LogP contribution in [0.2, 0.25) is 0 Å². The van der Waals surface area contributed by atoms with Crippen LogP contribution < -0.4 is 10.6 Å². The molecular weight excluding hydrogens is 240 g/mol. The predicted octanol–water partition coefficient (Wildman–Crippen LogP) is 1.89. The van der Waals surface area contributed by atoms with Crippen molar-refractivity contribution in [2.45, 2.75) is 45.6 Å². The number of hydrogen-bond donors (Lipinski definition) is 1. The fraction of sp³-hybridized carbons (Fsp3) is 0.714. The summed E-state index contributed by atoms with van der Waals surface area (Å²) < 4.78 is 5.45. The molecule has 0 saturated carbocycles. The minimum Gasteiger partial charge on any atom is -0.383 e. The Morgan fingerprint density at radius 1 is 1.32 bits per heavy atom. The number of hydrogen-bond acceptors (Lipinski definition) is 5. The van der Waals surface area contributed by atoms with Crippen LogP contribution in [0.15, 0.2) is 0 Å². The van der Waals surface area contributed by atoms with E-state index in [-0.39, 0.29) is 5.41 Å². The molecule has 2 heterocycles. The lowest BCUT2D eigenvalue weighted by Gasteiger charge is -2.28. The topological polar surface area (TPSA) is 64.3 Å². The summed E-state index contributed by atoms with van der Waals surface area (Å²) in [6, 6.07) is 0.376. The molecular formula is C14H24N4O. The van der Waals surface area contributed by atoms with E-state index in [0.717, 1.165) is 36.8 Å². The van der Waals surface area contributed by atoms with Crippen LogP contribution in [0.4, 0.5) is 11.6 Å². The van der Waals surface area contributed by atoms with Gasteiger partial charge in [-0.3, -0.25) is 0 Å². The normalized spacial score (nSPS) is 19.7. The molecule has 5 heteroatoms. The van der Waals surface area contributed by atoms with Gasteiger partial charge in [0.1, 0.15) is 17.5 Å². The Hall–Kier alpha value is -1.36. The highest BCUT2D eigenvalue weighted by Gasteiger charge is 2.26. The standard InChI is InChI=1S/C14H24N4O/c1-9-11(15)16-13(14(2,3)4)17-12(9)18(5)10-6-7-19-8-10/h10H,6-8H2,1-5H3,(H2,15,16,17). The first-order valence-electron chi connectivity index (χ1n) is 6.76. The molecule has 106 valence electrons. The first-order chi connectivity index (χ1) is 8.80. The maximum atomic E-state index is 6.05. The Morgan fingerprint density at radius 3 is 2.53 bits per heavy atom. The summed E-state index contributed by atoms with van der Waals surface area (Å²) in [7, 11) is 2.06. The monoisotopic (exact) mass is 264 g/mol. The van der Waals surface area contributed by atoms with E-state index >= 15 is 0 Å². The summed E-state index contributed by atoms with van der Waals surface area (Å²) in [5, 5.41) is 0. The second-order valence-electron chi connectivity index (χ2n) is 6.26. The predicted molar refractivity (Wildman–Crippen MR) is 77.5 cm³/mol. The molecule has 1 atom stereocenters. The molecule has 0 aromatic carbocycles. The summed E-state index contributed by atoms with van der Waals surface area (Å²) >= 11 is 0. The van der Waals surface area contributed by atoms with Gasteiger partial charge < -0.3 is 15.4 Å². The molecule has 5 nitrogen and oxygen atoms in total. The molecule has 1 saturated heterocycles. The number of nitrogen functional groups attached to an aromatic ring is 1. The summed E-state index contributed by atoms with van der Waals surface area (Å²) in [5.41, 5.74) is 6.88. The number of anilines is 2. The number of nitrogens with two attached hydrogens (primary N) is 1. The Kier molecular flexibility index (Phi) is 3.67. The Labute approximate surface area is 115 Å². The van der Waals surface area contributed by atoms with E-state index in [9.17, 15) is 0 Å². The van der Waals surface area contributed by atoms with Gasteiger partial charge in [0.25, 0.3) is 0 Å². The minimum absolute atomic E-state index is 0.108. The summed E-state index contributed by atoms with van der Waals surface area (Å²) in [6.07, 6.45) is 1.03. The average Bonchev–Trinajstić information content (AvgIpc) is 2.83. The lowest BCUT2D eigenvalue weighted by molar-refractivity contribution is 0.193. The number of ether oxygens (including phenoxy) is 1. The third kappa shape index (κ3) is 2.81. The molecule has 0 radical (unpaired) electrons. The van der Waals surface area contributed by atoms with Crippen molar-refractivity contribution in [3.05, 3.63) is 11.4 Å². The van der Waals surface area contributed by atoms with E-state index in [0.29, 0.717) is 11.9 Å². The zero-order valence-corrected chi connectivity index (χ0v) is 12.5. The Bertz CT molecular complexity index is 461. The van der Waals surface area contributed by atoms with Crippen LogP contribution in [0.3, 0.4) is 0 Å². The maximum absolute atomic E-state index is 6.05. The third-order valence-corrected chi connectivity index (χ3v) is 3.62. The summed E-state index contributed by atoms with van der Waals surface area (Å²) in [4.78, 5) is 11.3. The quantitative estimate of drug-likeness (QED) is 0.883. The molecule has 1 aliphatic rings. The molecule has 1 aliphatic heterocycles. The molecule has 2 rings (SSSR count). The number of rotatable bonds is 2. The van der Waals surface area contributed by atoms with Crippen molar-refractivity contribution in [3.8, 4) is 0 Å². The van der Waals surface area contributed by atoms with Gasteiger partial charge in [-0.2, -0.15) is 0 Å². The highest BCUT2D eigenvalue weighted by atomic mass is 16.5. The van der Waals surface area contributed by atoms with Crippen molar-refractivity contribution in [2.75, 3.05) is 30.9 Å². The Morgan fingerprint density at radius 2 is 2.00 bits per heavy atom. The molecule has 1 unspecified atom stereocenters. The van der Waals surface area contributed by atoms with Gasteiger partial charge in [-0.15, -0.1) is 0 Å². The lowest BCUT2D eigenvalue weighted by Crippen LogP contribution is -2.34. The van der Waals surface area contributed by atoms with Crippen LogP contribution in [0.1, 0.15) is 38.6 Å². The van der Waals surface area contributed by atoms with Gasteiger partial charge in [0, 0.05) is 24.6 Å². The van der Waals surface area contributed by atoms with Crippen molar-refractivity contribution in [3.63, 3.8) is 0 Å². The van der Waals surface area contributed by atoms with Crippen molar-refractivity contribution in [2.24, 2.45) is 0 Å². The number of nitrogens with zero attached hydrogens (tertiary/aromatic N) is 3. The molecule has 1 aromatic heterocycles. The molecule has 0 spiro atoms. The molecule has 0 bridgehead atoms. The second-order valence-corrected chi connectivity index (χ2v) is 6.26. The molecule has 19 heavy (non-hydrogen) atoms. The van der Waals surface area contributed by atoms with Crippen molar-refractivity contribution in [1.29, 1.82) is 0 Å². The second kappa shape index (κ2) is 4.96. The summed E-state index contributed by atoms with van der Waals surface area (Å²) in [6.45, 7) is 9.84. The van der Waals surface area contributed by atoms with Crippen LogP contribution in [0, 0.1) is 6.92 Å². The Balaban J connectivity index is 2.40. The largest absolute Gasteiger partial charge is 0.383 e. The van der Waals surface area contributed by atoms with Crippen molar-refractivity contribution < 1.29 is 4.74 Å². The first kappa shape index (κ1) is 14.1. The van der Waals surface area contributed by atoms with E-state index in [4.69, 9.17) is 15.5 Å². The lowest BCUT2D eigenvalue weighted by atomic mass is 9.95. The van der Waals surface area contributed by atoms with Gasteiger partial charge in [0.05, 0.1) is 12.6 Å². The smallest absolute Gasteiger partial charge is 0.138 e. The molecule has 1 fully saturated rings. The minimum atomic E-state index is -0.108. The molecule has 0 aliphatic carbocycles. The van der Waals surface area contributed by atoms with Crippen molar-refractivity contribution in [1.82, 2.24) is 9.97 Å². The van der Waals surface area contributed by atoms with Gasteiger partial charge in [0.15, 0.2) is 0 Å². The van der Waals surface area contributed by atoms with Crippen LogP contribution in [0.5, 0.6) is 0 Å². The van der Waals surface area contributed by atoms with Crippen LogP contribution in [0.25, 0.3) is 0 Å². The molecule has 1 aromatic rings. The fourth-order valence-electron chi connectivity index (χ4n) is 2.20. The van der Waals surface area contributed by atoms with E-state index in [1.165, 1.54) is 0 Å². The van der Waals surface area contributed by atoms with E-state index in [2.05, 4.69) is 37.7 Å². The summed E-state index contributed by atoms with van der Waals surface area (Å²) in [5.74, 6) is 2.28. The van der Waals surface area contributed by atoms with Gasteiger partial charge in [-0.1, -0.05) is 20.8 Å². The maximum Gasteiger partial charge on any atom is 0.138 e. The zero-order valence-electron chi connectivity index (χ0n) is 12.5. The number of aromatic nitrogens is 2. The van der Waals surface area contributed by atoms with E-state index in [1.807, 2.05) is 6.92 Å². The highest BCUT2D eigenvalue weighted by molar-refractivity contribution is 5.57. The van der Waals surface area contributed by atoms with Gasteiger partial charge >= 0.3 is 0 Å². The SMILES string of the molecule is Cc1c(N)nc(C(C)(C)C)nc1N(C)C1CCOC1. The van der Waals surface area contributed by atoms with E-state index < -0.39 is 0 Å². The average molecular weight is 264 g/mol. The molecule has 0 amide bonds. The van der Waals surface area contributed by atoms with Gasteiger partial charge in [-0.05, 0) is 13.3 Å². The molecule has 2 N–H and O–H groups in total. The van der Waals surface area contributed by atoms with Gasteiger partial charge in [0.2, 0.25) is 0 Å². The van der Waals surface area contributed by atoms with Crippen LogP contribution in [-0.2, 0) is 10.2 Å². The fourth-order valence-corrected chi connectivity index (χ4v) is 2.20.